The Morgan fingerprint density at radius 2 is 2.15 bits per heavy atom. The Morgan fingerprint density at radius 1 is 1.35 bits per heavy atom. The van der Waals surface area contributed by atoms with Gasteiger partial charge in [-0.15, -0.1) is 0 Å². The number of rotatable bonds is 2. The Bertz CT molecular complexity index is 645. The number of hydrogen-bond acceptors (Lipinski definition) is 3. The third kappa shape index (κ3) is 2.21. The summed E-state index contributed by atoms with van der Waals surface area (Å²) in [5.41, 5.74) is 3.91. The summed E-state index contributed by atoms with van der Waals surface area (Å²) in [6.07, 6.45) is 6.02. The second-order valence-electron chi connectivity index (χ2n) is 5.29. The monoisotopic (exact) mass is 266 g/mol. The molecule has 1 aromatic heterocycles. The summed E-state index contributed by atoms with van der Waals surface area (Å²) in [6, 6.07) is 8.29. The first-order valence-electron chi connectivity index (χ1n) is 7.04. The van der Waals surface area contributed by atoms with E-state index in [0.717, 1.165) is 42.7 Å². The van der Waals surface area contributed by atoms with E-state index in [1.807, 2.05) is 37.6 Å². The third-order valence-corrected chi connectivity index (χ3v) is 4.05. The molecule has 0 atom stereocenters. The predicted molar refractivity (Wildman–Crippen MR) is 77.9 cm³/mol. The number of benzene rings is 1. The van der Waals surface area contributed by atoms with Gasteiger partial charge in [-0.05, 0) is 44.5 Å². The van der Waals surface area contributed by atoms with E-state index in [1.54, 1.807) is 0 Å². The summed E-state index contributed by atoms with van der Waals surface area (Å²) in [6.45, 7) is 4.08. The zero-order valence-corrected chi connectivity index (χ0v) is 11.6. The van der Waals surface area contributed by atoms with Crippen molar-refractivity contribution in [3.8, 4) is 11.8 Å². The number of aromatic nitrogens is 2. The highest BCUT2D eigenvalue weighted by molar-refractivity contribution is 5.53. The molecule has 0 amide bonds. The molecule has 3 rings (SSSR count). The van der Waals surface area contributed by atoms with Crippen molar-refractivity contribution in [2.45, 2.75) is 25.7 Å². The molecule has 102 valence electrons. The maximum Gasteiger partial charge on any atom is 0.102 e. The molecule has 1 saturated heterocycles. The normalized spacial score (nSPS) is 16.0. The van der Waals surface area contributed by atoms with Gasteiger partial charge in [0, 0.05) is 17.8 Å². The predicted octanol–water partition coefficient (Wildman–Crippen LogP) is 2.52. The van der Waals surface area contributed by atoms with Crippen LogP contribution in [0.4, 0.5) is 0 Å². The highest BCUT2D eigenvalue weighted by atomic mass is 15.1. The standard InChI is InChI=1S/C16H18N4/c1-12-3-2-4-15(14(12)9-17)20-11-19-10-16(20)13-5-7-18-8-6-13/h2-4,10-11,13,18H,5-8H2,1H3. The fourth-order valence-corrected chi connectivity index (χ4v) is 2.92. The van der Waals surface area contributed by atoms with Gasteiger partial charge in [-0.1, -0.05) is 12.1 Å². The highest BCUT2D eigenvalue weighted by Crippen LogP contribution is 2.28. The quantitative estimate of drug-likeness (QED) is 0.908. The number of nitrogens with zero attached hydrogens (tertiary/aromatic N) is 3. The molecule has 0 unspecified atom stereocenters. The minimum atomic E-state index is 0.519. The maximum absolute atomic E-state index is 9.41. The molecule has 1 N–H and O–H groups in total. The van der Waals surface area contributed by atoms with Crippen molar-refractivity contribution in [1.82, 2.24) is 14.9 Å². The summed E-state index contributed by atoms with van der Waals surface area (Å²) >= 11 is 0. The van der Waals surface area contributed by atoms with Crippen LogP contribution in [0.2, 0.25) is 0 Å². The molecule has 0 bridgehead atoms. The molecule has 0 spiro atoms. The van der Waals surface area contributed by atoms with Crippen LogP contribution in [0.3, 0.4) is 0 Å². The SMILES string of the molecule is Cc1cccc(-n2cncc2C2CCNCC2)c1C#N. The summed E-state index contributed by atoms with van der Waals surface area (Å²) in [4.78, 5) is 4.31. The van der Waals surface area contributed by atoms with Gasteiger partial charge in [0.05, 0.1) is 17.6 Å². The molecule has 0 saturated carbocycles. The number of imidazole rings is 1. The largest absolute Gasteiger partial charge is 0.317 e. The first kappa shape index (κ1) is 12.9. The average molecular weight is 266 g/mol. The van der Waals surface area contributed by atoms with E-state index >= 15 is 0 Å². The Hall–Kier alpha value is -2.12. The van der Waals surface area contributed by atoms with Crippen LogP contribution >= 0.6 is 0 Å². The molecule has 1 aliphatic heterocycles. The van der Waals surface area contributed by atoms with Gasteiger partial charge in [0.15, 0.2) is 0 Å². The van der Waals surface area contributed by atoms with Gasteiger partial charge in [-0.25, -0.2) is 4.98 Å². The minimum absolute atomic E-state index is 0.519. The number of nitrogens with one attached hydrogen (secondary N) is 1. The second-order valence-corrected chi connectivity index (χ2v) is 5.29. The van der Waals surface area contributed by atoms with Crippen LogP contribution in [-0.2, 0) is 0 Å². The summed E-state index contributed by atoms with van der Waals surface area (Å²) in [7, 11) is 0. The molecule has 20 heavy (non-hydrogen) atoms. The lowest BCUT2D eigenvalue weighted by molar-refractivity contribution is 0.449. The molecule has 4 heteroatoms. The van der Waals surface area contributed by atoms with Crippen molar-refractivity contribution in [3.63, 3.8) is 0 Å². The first-order valence-corrected chi connectivity index (χ1v) is 7.04. The smallest absolute Gasteiger partial charge is 0.102 e. The number of piperidine rings is 1. The third-order valence-electron chi connectivity index (χ3n) is 4.05. The van der Waals surface area contributed by atoms with Gasteiger partial charge in [-0.3, -0.25) is 0 Å². The van der Waals surface area contributed by atoms with Crippen LogP contribution in [0.25, 0.3) is 5.69 Å². The molecule has 2 aromatic rings. The Labute approximate surface area is 119 Å². The van der Waals surface area contributed by atoms with Crippen LogP contribution in [0, 0.1) is 18.3 Å². The van der Waals surface area contributed by atoms with Crippen LogP contribution in [0.15, 0.2) is 30.7 Å². The fraction of sp³-hybridized carbons (Fsp3) is 0.375. The van der Waals surface area contributed by atoms with Crippen LogP contribution in [-0.4, -0.2) is 22.6 Å². The number of hydrogen-bond donors (Lipinski definition) is 1. The zero-order valence-electron chi connectivity index (χ0n) is 11.6. The molecule has 1 aliphatic rings. The lowest BCUT2D eigenvalue weighted by Crippen LogP contribution is -2.27. The molecule has 1 aromatic carbocycles. The fourth-order valence-electron chi connectivity index (χ4n) is 2.92. The van der Waals surface area contributed by atoms with Gasteiger partial charge >= 0.3 is 0 Å². The molecule has 0 aliphatic carbocycles. The Morgan fingerprint density at radius 3 is 2.90 bits per heavy atom. The van der Waals surface area contributed by atoms with Gasteiger partial charge < -0.3 is 9.88 Å². The molecular weight excluding hydrogens is 248 g/mol. The first-order chi connectivity index (χ1) is 9.81. The van der Waals surface area contributed by atoms with E-state index in [4.69, 9.17) is 0 Å². The average Bonchev–Trinajstić information content (AvgIpc) is 2.97. The van der Waals surface area contributed by atoms with E-state index in [-0.39, 0.29) is 0 Å². The Balaban J connectivity index is 2.06. The highest BCUT2D eigenvalue weighted by Gasteiger charge is 2.20. The topological polar surface area (TPSA) is 53.6 Å². The molecule has 4 nitrogen and oxygen atoms in total. The summed E-state index contributed by atoms with van der Waals surface area (Å²) in [5.74, 6) is 0.519. The van der Waals surface area contributed by atoms with Crippen molar-refractivity contribution >= 4 is 0 Å². The van der Waals surface area contributed by atoms with Crippen molar-refractivity contribution < 1.29 is 0 Å². The maximum atomic E-state index is 9.41. The molecule has 0 radical (unpaired) electrons. The molecule has 1 fully saturated rings. The van der Waals surface area contributed by atoms with E-state index in [2.05, 4.69) is 20.9 Å². The second kappa shape index (κ2) is 5.48. The van der Waals surface area contributed by atoms with Crippen LogP contribution in [0.5, 0.6) is 0 Å². The summed E-state index contributed by atoms with van der Waals surface area (Å²) < 4.78 is 2.08. The van der Waals surface area contributed by atoms with Gasteiger partial charge in [0.1, 0.15) is 6.07 Å². The van der Waals surface area contributed by atoms with E-state index < -0.39 is 0 Å². The van der Waals surface area contributed by atoms with E-state index in [9.17, 15) is 5.26 Å². The van der Waals surface area contributed by atoms with Gasteiger partial charge in [0.25, 0.3) is 0 Å². The minimum Gasteiger partial charge on any atom is -0.317 e. The lowest BCUT2D eigenvalue weighted by Gasteiger charge is -2.24. The van der Waals surface area contributed by atoms with Gasteiger partial charge in [-0.2, -0.15) is 5.26 Å². The molecule has 2 heterocycles. The van der Waals surface area contributed by atoms with Crippen molar-refractivity contribution in [2.75, 3.05) is 13.1 Å². The van der Waals surface area contributed by atoms with Crippen molar-refractivity contribution in [1.29, 1.82) is 5.26 Å². The van der Waals surface area contributed by atoms with Gasteiger partial charge in [0.2, 0.25) is 0 Å². The van der Waals surface area contributed by atoms with Crippen LogP contribution in [0.1, 0.15) is 35.6 Å². The molecular formula is C16H18N4. The lowest BCUT2D eigenvalue weighted by atomic mass is 9.94. The zero-order chi connectivity index (χ0) is 13.9. The Kier molecular flexibility index (Phi) is 3.53. The van der Waals surface area contributed by atoms with E-state index in [1.165, 1.54) is 5.69 Å². The van der Waals surface area contributed by atoms with E-state index in [0.29, 0.717) is 5.92 Å². The number of nitriles is 1. The van der Waals surface area contributed by atoms with Crippen molar-refractivity contribution in [3.05, 3.63) is 47.5 Å². The number of aryl methyl sites for hydroxylation is 1. The summed E-state index contributed by atoms with van der Waals surface area (Å²) in [5, 5.41) is 12.8. The van der Waals surface area contributed by atoms with Crippen LogP contribution < -0.4 is 5.32 Å². The van der Waals surface area contributed by atoms with Crippen molar-refractivity contribution in [2.24, 2.45) is 0 Å².